The molecule has 0 radical (unpaired) electrons. The van der Waals surface area contributed by atoms with Gasteiger partial charge < -0.3 is 10.6 Å². The summed E-state index contributed by atoms with van der Waals surface area (Å²) in [5.41, 5.74) is 7.58. The quantitative estimate of drug-likeness (QED) is 0.738. The first kappa shape index (κ1) is 11.2. The zero-order valence-corrected chi connectivity index (χ0v) is 8.86. The van der Waals surface area contributed by atoms with Gasteiger partial charge in [0.05, 0.1) is 6.54 Å². The number of aldehydes is 1. The van der Waals surface area contributed by atoms with Crippen molar-refractivity contribution in [1.29, 1.82) is 0 Å². The van der Waals surface area contributed by atoms with Crippen LogP contribution in [0.25, 0.3) is 0 Å². The van der Waals surface area contributed by atoms with E-state index in [1.54, 1.807) is 24.1 Å². The van der Waals surface area contributed by atoms with Crippen molar-refractivity contribution >= 4 is 17.9 Å². The molecule has 4 nitrogen and oxygen atoms in total. The molecule has 0 heterocycles. The van der Waals surface area contributed by atoms with E-state index < -0.39 is 0 Å². The molecule has 80 valence electrons. The number of anilines is 1. The Bertz CT molecular complexity index is 388. The number of hydrogen-bond donors (Lipinski definition) is 1. The van der Waals surface area contributed by atoms with Gasteiger partial charge in [0.25, 0.3) is 0 Å². The van der Waals surface area contributed by atoms with Gasteiger partial charge in [-0.05, 0) is 30.7 Å². The molecule has 4 heteroatoms. The Labute approximate surface area is 88.7 Å². The highest BCUT2D eigenvalue weighted by molar-refractivity contribution is 5.81. The molecule has 0 spiro atoms. The van der Waals surface area contributed by atoms with Crippen LogP contribution < -0.4 is 10.6 Å². The number of carbonyl (C=O) groups excluding carboxylic acids is 2. The van der Waals surface area contributed by atoms with Crippen molar-refractivity contribution in [3.8, 4) is 0 Å². The van der Waals surface area contributed by atoms with Crippen molar-refractivity contribution in [2.75, 3.05) is 18.5 Å². The van der Waals surface area contributed by atoms with E-state index in [0.717, 1.165) is 17.5 Å². The normalized spacial score (nSPS) is 9.73. The third kappa shape index (κ3) is 2.80. The number of benzene rings is 1. The van der Waals surface area contributed by atoms with E-state index in [-0.39, 0.29) is 12.5 Å². The summed E-state index contributed by atoms with van der Waals surface area (Å²) in [6.45, 7) is 2.06. The number of likely N-dealkylation sites (N-methyl/N-ethyl adjacent to an activating group) is 1. The van der Waals surface area contributed by atoms with Crippen LogP contribution in [-0.2, 0) is 4.79 Å². The molecule has 15 heavy (non-hydrogen) atoms. The first-order valence-corrected chi connectivity index (χ1v) is 4.60. The number of rotatable bonds is 4. The third-order valence-electron chi connectivity index (χ3n) is 2.16. The maximum absolute atomic E-state index is 10.7. The molecule has 1 rings (SSSR count). The van der Waals surface area contributed by atoms with Crippen molar-refractivity contribution in [1.82, 2.24) is 0 Å². The van der Waals surface area contributed by atoms with Crippen LogP contribution in [0.15, 0.2) is 18.2 Å². The number of amides is 1. The fourth-order valence-electron chi connectivity index (χ4n) is 1.50. The number of nitrogens with zero attached hydrogens (tertiary/aromatic N) is 1. The molecule has 0 bridgehead atoms. The highest BCUT2D eigenvalue weighted by atomic mass is 16.1. The SMILES string of the molecule is Cc1cc(C=O)ccc1N(C)CC(N)=O. The van der Waals surface area contributed by atoms with E-state index in [1.807, 2.05) is 13.0 Å². The minimum absolute atomic E-state index is 0.168. The molecule has 2 N–H and O–H groups in total. The number of carbonyl (C=O) groups is 2. The standard InChI is InChI=1S/C11H14N2O2/c1-8-5-9(7-14)3-4-10(8)13(2)6-11(12)15/h3-5,7H,6H2,1-2H3,(H2,12,15). The van der Waals surface area contributed by atoms with Crippen molar-refractivity contribution < 1.29 is 9.59 Å². The lowest BCUT2D eigenvalue weighted by Crippen LogP contribution is -2.30. The predicted octanol–water partition coefficient (Wildman–Crippen LogP) is 0.729. The Hall–Kier alpha value is -1.84. The first-order chi connectivity index (χ1) is 7.04. The zero-order valence-electron chi connectivity index (χ0n) is 8.86. The fourth-order valence-corrected chi connectivity index (χ4v) is 1.50. The smallest absolute Gasteiger partial charge is 0.236 e. The van der Waals surface area contributed by atoms with Gasteiger partial charge in [0.15, 0.2) is 0 Å². The highest BCUT2D eigenvalue weighted by Crippen LogP contribution is 2.19. The Kier molecular flexibility index (Phi) is 3.44. The predicted molar refractivity (Wildman–Crippen MR) is 59.0 cm³/mol. The summed E-state index contributed by atoms with van der Waals surface area (Å²) in [5.74, 6) is -0.378. The lowest BCUT2D eigenvalue weighted by molar-refractivity contribution is -0.116. The van der Waals surface area contributed by atoms with Gasteiger partial charge >= 0.3 is 0 Å². The van der Waals surface area contributed by atoms with Crippen molar-refractivity contribution in [2.24, 2.45) is 5.73 Å². The van der Waals surface area contributed by atoms with E-state index in [2.05, 4.69) is 0 Å². The Morgan fingerprint density at radius 3 is 2.67 bits per heavy atom. The molecule has 0 fully saturated rings. The first-order valence-electron chi connectivity index (χ1n) is 4.60. The molecule has 0 saturated heterocycles. The fraction of sp³-hybridized carbons (Fsp3) is 0.273. The van der Waals surface area contributed by atoms with Gasteiger partial charge in [0.2, 0.25) is 5.91 Å². The average Bonchev–Trinajstić information content (AvgIpc) is 2.16. The lowest BCUT2D eigenvalue weighted by Gasteiger charge is -2.19. The van der Waals surface area contributed by atoms with Crippen LogP contribution in [0, 0.1) is 6.92 Å². The summed E-state index contributed by atoms with van der Waals surface area (Å²) in [6.07, 6.45) is 0.796. The van der Waals surface area contributed by atoms with E-state index in [4.69, 9.17) is 5.73 Å². The molecule has 0 aromatic heterocycles. The van der Waals surface area contributed by atoms with Gasteiger partial charge in [-0.25, -0.2) is 0 Å². The third-order valence-corrected chi connectivity index (χ3v) is 2.16. The van der Waals surface area contributed by atoms with E-state index in [9.17, 15) is 9.59 Å². The maximum atomic E-state index is 10.7. The van der Waals surface area contributed by atoms with Crippen LogP contribution in [0.4, 0.5) is 5.69 Å². The number of nitrogens with two attached hydrogens (primary N) is 1. The maximum Gasteiger partial charge on any atom is 0.236 e. The minimum atomic E-state index is -0.378. The molecule has 0 aliphatic carbocycles. The van der Waals surface area contributed by atoms with Crippen molar-refractivity contribution in [3.63, 3.8) is 0 Å². The Morgan fingerprint density at radius 2 is 2.20 bits per heavy atom. The summed E-state index contributed by atoms with van der Waals surface area (Å²) in [7, 11) is 1.79. The summed E-state index contributed by atoms with van der Waals surface area (Å²) in [5, 5.41) is 0. The van der Waals surface area contributed by atoms with Gasteiger partial charge in [0.1, 0.15) is 6.29 Å². The second-order valence-electron chi connectivity index (χ2n) is 3.49. The molecule has 1 amide bonds. The van der Waals surface area contributed by atoms with Gasteiger partial charge in [-0.3, -0.25) is 9.59 Å². The average molecular weight is 206 g/mol. The van der Waals surface area contributed by atoms with Gasteiger partial charge in [-0.2, -0.15) is 0 Å². The second kappa shape index (κ2) is 4.59. The summed E-state index contributed by atoms with van der Waals surface area (Å²) < 4.78 is 0. The summed E-state index contributed by atoms with van der Waals surface area (Å²) in [4.78, 5) is 23.0. The molecule has 0 saturated carbocycles. The van der Waals surface area contributed by atoms with E-state index >= 15 is 0 Å². The molecular formula is C11H14N2O2. The molecule has 0 aliphatic heterocycles. The monoisotopic (exact) mass is 206 g/mol. The van der Waals surface area contributed by atoms with Crippen LogP contribution >= 0.6 is 0 Å². The van der Waals surface area contributed by atoms with Crippen LogP contribution in [0.2, 0.25) is 0 Å². The van der Waals surface area contributed by atoms with Crippen LogP contribution in [-0.4, -0.2) is 25.8 Å². The van der Waals surface area contributed by atoms with Crippen LogP contribution in [0.1, 0.15) is 15.9 Å². The van der Waals surface area contributed by atoms with E-state index in [1.165, 1.54) is 0 Å². The van der Waals surface area contributed by atoms with Gasteiger partial charge in [-0.15, -0.1) is 0 Å². The topological polar surface area (TPSA) is 63.4 Å². The van der Waals surface area contributed by atoms with Crippen molar-refractivity contribution in [3.05, 3.63) is 29.3 Å². The van der Waals surface area contributed by atoms with Gasteiger partial charge in [-0.1, -0.05) is 0 Å². The number of hydrogen-bond acceptors (Lipinski definition) is 3. The van der Waals surface area contributed by atoms with Crippen LogP contribution in [0.3, 0.4) is 0 Å². The molecule has 1 aromatic rings. The summed E-state index contributed by atoms with van der Waals surface area (Å²) >= 11 is 0. The summed E-state index contributed by atoms with van der Waals surface area (Å²) in [6, 6.07) is 5.30. The Morgan fingerprint density at radius 1 is 1.53 bits per heavy atom. The largest absolute Gasteiger partial charge is 0.368 e. The molecular weight excluding hydrogens is 192 g/mol. The Balaban J connectivity index is 2.94. The zero-order chi connectivity index (χ0) is 11.4. The van der Waals surface area contributed by atoms with E-state index in [0.29, 0.717) is 5.56 Å². The molecule has 0 aliphatic rings. The minimum Gasteiger partial charge on any atom is -0.368 e. The second-order valence-corrected chi connectivity index (χ2v) is 3.49. The number of primary amides is 1. The molecule has 0 atom stereocenters. The molecule has 1 aromatic carbocycles. The number of aryl methyl sites for hydroxylation is 1. The van der Waals surface area contributed by atoms with Crippen LogP contribution in [0.5, 0.6) is 0 Å². The highest BCUT2D eigenvalue weighted by Gasteiger charge is 2.07. The van der Waals surface area contributed by atoms with Crippen molar-refractivity contribution in [2.45, 2.75) is 6.92 Å². The van der Waals surface area contributed by atoms with Gasteiger partial charge in [0, 0.05) is 18.3 Å². The lowest BCUT2D eigenvalue weighted by atomic mass is 10.1. The molecule has 0 unspecified atom stereocenters.